The molecule has 144 valence electrons. The summed E-state index contributed by atoms with van der Waals surface area (Å²) in [5, 5.41) is 8.95. The monoisotopic (exact) mass is 381 g/mol. The highest BCUT2D eigenvalue weighted by Crippen LogP contribution is 2.30. The first-order valence-electron chi connectivity index (χ1n) is 8.77. The molecule has 0 atom stereocenters. The van der Waals surface area contributed by atoms with Crippen LogP contribution in [0.3, 0.4) is 0 Å². The van der Waals surface area contributed by atoms with E-state index in [4.69, 9.17) is 19.3 Å². The lowest BCUT2D eigenvalue weighted by atomic mass is 10.1. The molecule has 2 aromatic rings. The zero-order valence-electron chi connectivity index (χ0n) is 15.5. The van der Waals surface area contributed by atoms with Crippen molar-refractivity contribution in [2.75, 3.05) is 13.2 Å². The van der Waals surface area contributed by atoms with E-state index in [0.717, 1.165) is 0 Å². The number of esters is 1. The molecule has 1 aliphatic heterocycles. The topological polar surface area (TPSA) is 94.4 Å². The van der Waals surface area contributed by atoms with E-state index in [1.807, 2.05) is 13.8 Å². The van der Waals surface area contributed by atoms with E-state index < -0.39 is 11.9 Å². The van der Waals surface area contributed by atoms with Crippen molar-refractivity contribution in [1.29, 1.82) is 0 Å². The van der Waals surface area contributed by atoms with Crippen LogP contribution in [0.5, 0.6) is 11.5 Å². The summed E-state index contributed by atoms with van der Waals surface area (Å²) in [6.07, 6.45) is 1.54. The van der Waals surface area contributed by atoms with Crippen LogP contribution in [0.2, 0.25) is 0 Å². The van der Waals surface area contributed by atoms with Crippen LogP contribution < -0.4 is 9.47 Å². The number of aliphatic imine (C=N–C) groups is 1. The second-order valence-electron chi connectivity index (χ2n) is 5.79. The van der Waals surface area contributed by atoms with Crippen molar-refractivity contribution in [2.24, 2.45) is 4.99 Å². The van der Waals surface area contributed by atoms with Crippen molar-refractivity contribution >= 4 is 23.9 Å². The smallest absolute Gasteiger partial charge is 0.363 e. The SMILES string of the molecule is CCOc1ccc(C2=N/C(=C\c3ccc(C(=O)O)cc3)C(=O)O2)cc1OCC. The van der Waals surface area contributed by atoms with Crippen molar-refractivity contribution < 1.29 is 28.9 Å². The number of benzene rings is 2. The van der Waals surface area contributed by atoms with Crippen molar-refractivity contribution in [3.05, 3.63) is 64.9 Å². The lowest BCUT2D eigenvalue weighted by Gasteiger charge is -2.11. The molecule has 0 saturated carbocycles. The van der Waals surface area contributed by atoms with Gasteiger partial charge in [-0.05, 0) is 55.8 Å². The Bertz CT molecular complexity index is 959. The lowest BCUT2D eigenvalue weighted by molar-refractivity contribution is -0.129. The largest absolute Gasteiger partial charge is 0.490 e. The van der Waals surface area contributed by atoms with Crippen LogP contribution in [0.1, 0.15) is 35.3 Å². The molecule has 3 rings (SSSR count). The highest BCUT2D eigenvalue weighted by molar-refractivity contribution is 6.13. The van der Waals surface area contributed by atoms with Gasteiger partial charge >= 0.3 is 11.9 Å². The maximum atomic E-state index is 12.2. The predicted molar refractivity (Wildman–Crippen MR) is 103 cm³/mol. The number of hydrogen-bond acceptors (Lipinski definition) is 6. The first kappa shape index (κ1) is 19.2. The normalized spacial score (nSPS) is 14.6. The Hall–Kier alpha value is -3.61. The van der Waals surface area contributed by atoms with Gasteiger partial charge in [-0.2, -0.15) is 0 Å². The van der Waals surface area contributed by atoms with Crippen molar-refractivity contribution in [3.63, 3.8) is 0 Å². The maximum absolute atomic E-state index is 12.2. The fraction of sp³-hybridized carbons (Fsp3) is 0.190. The Morgan fingerprint density at radius 2 is 1.75 bits per heavy atom. The number of carboxylic acids is 1. The molecule has 0 spiro atoms. The summed E-state index contributed by atoms with van der Waals surface area (Å²) < 4.78 is 16.4. The molecule has 0 fully saturated rings. The molecular formula is C21H19NO6. The number of ether oxygens (including phenoxy) is 3. The van der Waals surface area contributed by atoms with Crippen molar-refractivity contribution in [3.8, 4) is 11.5 Å². The van der Waals surface area contributed by atoms with Crippen LogP contribution in [0, 0.1) is 0 Å². The molecule has 0 aliphatic carbocycles. The summed E-state index contributed by atoms with van der Waals surface area (Å²) in [6.45, 7) is 4.72. The molecule has 1 aliphatic rings. The number of carboxylic acid groups (broad SMARTS) is 1. The van der Waals surface area contributed by atoms with Crippen molar-refractivity contribution in [1.82, 2.24) is 0 Å². The molecule has 0 aromatic heterocycles. The second-order valence-corrected chi connectivity index (χ2v) is 5.79. The number of cyclic esters (lactones) is 1. The molecule has 7 heteroatoms. The van der Waals surface area contributed by atoms with Crippen LogP contribution in [0.4, 0.5) is 0 Å². The fourth-order valence-corrected chi connectivity index (χ4v) is 2.60. The van der Waals surface area contributed by atoms with Crippen LogP contribution >= 0.6 is 0 Å². The average molecular weight is 381 g/mol. The van der Waals surface area contributed by atoms with E-state index in [1.54, 1.807) is 36.4 Å². The minimum atomic E-state index is -1.01. The van der Waals surface area contributed by atoms with Gasteiger partial charge in [0.05, 0.1) is 18.8 Å². The summed E-state index contributed by atoms with van der Waals surface area (Å²) >= 11 is 0. The first-order valence-corrected chi connectivity index (χ1v) is 8.77. The van der Waals surface area contributed by atoms with Gasteiger partial charge in [0.1, 0.15) is 0 Å². The molecule has 0 radical (unpaired) electrons. The zero-order chi connectivity index (χ0) is 20.1. The van der Waals surface area contributed by atoms with Crippen LogP contribution in [-0.2, 0) is 9.53 Å². The van der Waals surface area contributed by atoms with Crippen molar-refractivity contribution in [2.45, 2.75) is 13.8 Å². The molecule has 0 saturated heterocycles. The van der Waals surface area contributed by atoms with E-state index in [9.17, 15) is 9.59 Å². The zero-order valence-corrected chi connectivity index (χ0v) is 15.5. The van der Waals surface area contributed by atoms with E-state index in [2.05, 4.69) is 4.99 Å². The van der Waals surface area contributed by atoms with E-state index in [-0.39, 0.29) is 17.2 Å². The van der Waals surface area contributed by atoms with E-state index in [0.29, 0.717) is 35.8 Å². The van der Waals surface area contributed by atoms with Gasteiger partial charge in [-0.3, -0.25) is 0 Å². The van der Waals surface area contributed by atoms with Gasteiger partial charge in [-0.25, -0.2) is 14.6 Å². The summed E-state index contributed by atoms with van der Waals surface area (Å²) in [5.74, 6) is -0.276. The Kier molecular flexibility index (Phi) is 5.74. The van der Waals surface area contributed by atoms with Gasteiger partial charge < -0.3 is 19.3 Å². The van der Waals surface area contributed by atoms with Gasteiger partial charge in [0.2, 0.25) is 5.90 Å². The first-order chi connectivity index (χ1) is 13.5. The molecule has 0 amide bonds. The Balaban J connectivity index is 1.88. The van der Waals surface area contributed by atoms with E-state index in [1.165, 1.54) is 12.1 Å². The summed E-state index contributed by atoms with van der Waals surface area (Å²) in [6, 6.07) is 11.3. The van der Waals surface area contributed by atoms with E-state index >= 15 is 0 Å². The molecule has 7 nitrogen and oxygen atoms in total. The number of nitrogens with zero attached hydrogens (tertiary/aromatic N) is 1. The third kappa shape index (κ3) is 4.20. The molecule has 2 aromatic carbocycles. The quantitative estimate of drug-likeness (QED) is 0.582. The second kappa shape index (κ2) is 8.39. The molecule has 1 N–H and O–H groups in total. The van der Waals surface area contributed by atoms with Gasteiger partial charge in [-0.1, -0.05) is 12.1 Å². The third-order valence-electron chi connectivity index (χ3n) is 3.87. The van der Waals surface area contributed by atoms with Gasteiger partial charge in [0, 0.05) is 5.56 Å². The van der Waals surface area contributed by atoms with Crippen LogP contribution in [0.25, 0.3) is 6.08 Å². The average Bonchev–Trinajstić information content (AvgIpc) is 3.04. The molecule has 0 bridgehead atoms. The number of aromatic carboxylic acids is 1. The van der Waals surface area contributed by atoms with Crippen LogP contribution in [-0.4, -0.2) is 36.2 Å². The van der Waals surface area contributed by atoms with Crippen LogP contribution in [0.15, 0.2) is 53.2 Å². The fourth-order valence-electron chi connectivity index (χ4n) is 2.60. The number of rotatable bonds is 7. The Morgan fingerprint density at radius 1 is 1.07 bits per heavy atom. The standard InChI is InChI=1S/C21H19NO6/c1-3-26-17-10-9-15(12-18(17)27-4-2)19-22-16(21(25)28-19)11-13-5-7-14(8-6-13)20(23)24/h5-12H,3-4H2,1-2H3,(H,23,24)/b16-11-. The summed E-state index contributed by atoms with van der Waals surface area (Å²) in [5.41, 5.74) is 1.52. The minimum Gasteiger partial charge on any atom is -0.490 e. The Morgan fingerprint density at radius 3 is 2.39 bits per heavy atom. The number of carbonyl (C=O) groups excluding carboxylic acids is 1. The maximum Gasteiger partial charge on any atom is 0.363 e. The number of carbonyl (C=O) groups is 2. The molecule has 1 heterocycles. The third-order valence-corrected chi connectivity index (χ3v) is 3.87. The summed E-state index contributed by atoms with van der Waals surface area (Å²) in [4.78, 5) is 27.3. The minimum absolute atomic E-state index is 0.130. The van der Waals surface area contributed by atoms with Gasteiger partial charge in [0.15, 0.2) is 17.2 Å². The highest BCUT2D eigenvalue weighted by Gasteiger charge is 2.25. The summed E-state index contributed by atoms with van der Waals surface area (Å²) in [7, 11) is 0. The molecule has 0 unspecified atom stereocenters. The van der Waals surface area contributed by atoms with Gasteiger partial charge in [0.25, 0.3) is 0 Å². The molecular weight excluding hydrogens is 362 g/mol. The van der Waals surface area contributed by atoms with Gasteiger partial charge in [-0.15, -0.1) is 0 Å². The molecule has 28 heavy (non-hydrogen) atoms. The highest BCUT2D eigenvalue weighted by atomic mass is 16.6. The lowest BCUT2D eigenvalue weighted by Crippen LogP contribution is -2.06. The predicted octanol–water partition coefficient (Wildman–Crippen LogP) is 3.53. The Labute approximate surface area is 161 Å². The number of hydrogen-bond donors (Lipinski definition) is 1.